The molecule has 3 rings (SSSR count). The van der Waals surface area contributed by atoms with Crippen molar-refractivity contribution >= 4 is 21.6 Å². The van der Waals surface area contributed by atoms with Crippen molar-refractivity contribution in [1.29, 1.82) is 0 Å². The van der Waals surface area contributed by atoms with Crippen molar-refractivity contribution in [1.82, 2.24) is 5.32 Å². The Morgan fingerprint density at radius 1 is 1.04 bits per heavy atom. The number of hydrogen-bond acceptors (Lipinski definition) is 3. The van der Waals surface area contributed by atoms with Gasteiger partial charge in [0.25, 0.3) is 15.9 Å². The molecule has 6 heteroatoms. The predicted molar refractivity (Wildman–Crippen MR) is 103 cm³/mol. The summed E-state index contributed by atoms with van der Waals surface area (Å²) in [6.45, 7) is 1.91. The Morgan fingerprint density at radius 3 is 2.31 bits per heavy atom. The van der Waals surface area contributed by atoms with Crippen molar-refractivity contribution in [3.63, 3.8) is 0 Å². The number of carbonyl (C=O) groups excluding carboxylic acids is 1. The summed E-state index contributed by atoms with van der Waals surface area (Å²) in [6, 6.07) is 13.7. The molecule has 0 bridgehead atoms. The summed E-state index contributed by atoms with van der Waals surface area (Å²) >= 11 is 0. The average Bonchev–Trinajstić information content (AvgIpc) is 3.14. The molecule has 2 aromatic rings. The molecule has 26 heavy (non-hydrogen) atoms. The Morgan fingerprint density at radius 2 is 1.65 bits per heavy atom. The summed E-state index contributed by atoms with van der Waals surface area (Å²) < 4.78 is 27.1. The van der Waals surface area contributed by atoms with Crippen LogP contribution in [0.25, 0.3) is 0 Å². The van der Waals surface area contributed by atoms with Gasteiger partial charge in [-0.15, -0.1) is 0 Å². The second kappa shape index (κ2) is 7.50. The molecule has 0 atom stereocenters. The lowest BCUT2D eigenvalue weighted by Crippen LogP contribution is -2.35. The van der Waals surface area contributed by atoms with Crippen LogP contribution in [0.1, 0.15) is 41.6 Å². The maximum Gasteiger partial charge on any atom is 0.264 e. The zero-order valence-electron chi connectivity index (χ0n) is 15.1. The number of aryl methyl sites for hydroxylation is 1. The van der Waals surface area contributed by atoms with Crippen LogP contribution in [0, 0.1) is 6.92 Å². The number of benzene rings is 2. The molecule has 1 aliphatic carbocycles. The molecule has 0 radical (unpaired) electrons. The van der Waals surface area contributed by atoms with Gasteiger partial charge in [-0.1, -0.05) is 42.7 Å². The highest BCUT2D eigenvalue weighted by Crippen LogP contribution is 2.26. The van der Waals surface area contributed by atoms with E-state index in [0.717, 1.165) is 31.2 Å². The molecule has 1 amide bonds. The molecule has 0 unspecified atom stereocenters. The zero-order valence-corrected chi connectivity index (χ0v) is 15.9. The van der Waals surface area contributed by atoms with Crippen LogP contribution in [-0.2, 0) is 10.0 Å². The van der Waals surface area contributed by atoms with E-state index in [1.807, 2.05) is 6.92 Å². The van der Waals surface area contributed by atoms with Gasteiger partial charge in [0.1, 0.15) is 0 Å². The molecule has 0 aliphatic heterocycles. The van der Waals surface area contributed by atoms with Crippen LogP contribution in [0.5, 0.6) is 0 Å². The molecule has 1 N–H and O–H groups in total. The van der Waals surface area contributed by atoms with E-state index in [1.165, 1.54) is 11.4 Å². The van der Waals surface area contributed by atoms with E-state index < -0.39 is 10.0 Å². The minimum Gasteiger partial charge on any atom is -0.349 e. The lowest BCUT2D eigenvalue weighted by molar-refractivity contribution is 0.0938. The van der Waals surface area contributed by atoms with Crippen LogP contribution in [0.15, 0.2) is 53.4 Å². The second-order valence-electron chi connectivity index (χ2n) is 6.76. The van der Waals surface area contributed by atoms with Gasteiger partial charge in [-0.25, -0.2) is 8.42 Å². The van der Waals surface area contributed by atoms with Crippen molar-refractivity contribution in [2.24, 2.45) is 0 Å². The standard InChI is InChI=1S/C20H24N2O3S/c1-15-11-13-17(14-12-15)26(24,25)22(2)19-10-6-5-9-18(19)20(23)21-16-7-3-4-8-16/h5-6,9-14,16H,3-4,7-8H2,1-2H3,(H,21,23). The number of nitrogens with one attached hydrogen (secondary N) is 1. The third kappa shape index (κ3) is 3.75. The number of sulfonamides is 1. The number of amides is 1. The Labute approximate surface area is 155 Å². The minimum absolute atomic E-state index is 0.176. The predicted octanol–water partition coefficient (Wildman–Crippen LogP) is 3.49. The maximum absolute atomic E-state index is 13.0. The third-order valence-electron chi connectivity index (χ3n) is 4.86. The van der Waals surface area contributed by atoms with E-state index in [-0.39, 0.29) is 16.8 Å². The van der Waals surface area contributed by atoms with Gasteiger partial charge in [0.15, 0.2) is 0 Å². The highest BCUT2D eigenvalue weighted by atomic mass is 32.2. The Kier molecular flexibility index (Phi) is 5.32. The summed E-state index contributed by atoms with van der Waals surface area (Å²) in [6.07, 6.45) is 4.19. The molecule has 1 saturated carbocycles. The fourth-order valence-electron chi connectivity index (χ4n) is 3.27. The summed E-state index contributed by atoms with van der Waals surface area (Å²) in [5.41, 5.74) is 1.74. The van der Waals surface area contributed by atoms with Crippen LogP contribution in [0.2, 0.25) is 0 Å². The van der Waals surface area contributed by atoms with Crippen molar-refractivity contribution in [2.75, 3.05) is 11.4 Å². The van der Waals surface area contributed by atoms with Crippen LogP contribution in [-0.4, -0.2) is 27.4 Å². The topological polar surface area (TPSA) is 66.5 Å². The molecule has 0 spiro atoms. The normalized spacial score (nSPS) is 15.0. The van der Waals surface area contributed by atoms with Gasteiger partial charge in [0, 0.05) is 13.1 Å². The molecule has 5 nitrogen and oxygen atoms in total. The monoisotopic (exact) mass is 372 g/mol. The largest absolute Gasteiger partial charge is 0.349 e. The molecule has 1 aliphatic rings. The lowest BCUT2D eigenvalue weighted by atomic mass is 10.1. The van der Waals surface area contributed by atoms with Gasteiger partial charge in [-0.05, 0) is 44.0 Å². The highest BCUT2D eigenvalue weighted by molar-refractivity contribution is 7.92. The number of para-hydroxylation sites is 1. The SMILES string of the molecule is Cc1ccc(S(=O)(=O)N(C)c2ccccc2C(=O)NC2CCCC2)cc1. The Balaban J connectivity index is 1.90. The molecular formula is C20H24N2O3S. The molecule has 0 heterocycles. The fourth-order valence-corrected chi connectivity index (χ4v) is 4.49. The first kappa shape index (κ1) is 18.5. The highest BCUT2D eigenvalue weighted by Gasteiger charge is 2.26. The number of hydrogen-bond donors (Lipinski definition) is 1. The first-order chi connectivity index (χ1) is 12.4. The summed E-state index contributed by atoms with van der Waals surface area (Å²) in [5, 5.41) is 3.03. The van der Waals surface area contributed by atoms with Crippen molar-refractivity contribution in [3.05, 3.63) is 59.7 Å². The first-order valence-corrected chi connectivity index (χ1v) is 10.3. The zero-order chi connectivity index (χ0) is 18.7. The number of rotatable bonds is 5. The summed E-state index contributed by atoms with van der Waals surface area (Å²) in [7, 11) is -2.26. The molecule has 2 aromatic carbocycles. The van der Waals surface area contributed by atoms with Crippen LogP contribution in [0.3, 0.4) is 0 Å². The molecular weight excluding hydrogens is 348 g/mol. The third-order valence-corrected chi connectivity index (χ3v) is 6.64. The van der Waals surface area contributed by atoms with E-state index in [9.17, 15) is 13.2 Å². The fraction of sp³-hybridized carbons (Fsp3) is 0.350. The van der Waals surface area contributed by atoms with Crippen LogP contribution < -0.4 is 9.62 Å². The van der Waals surface area contributed by atoms with Gasteiger partial charge < -0.3 is 5.32 Å². The summed E-state index contributed by atoms with van der Waals surface area (Å²) in [4.78, 5) is 12.9. The average molecular weight is 372 g/mol. The van der Waals surface area contributed by atoms with E-state index >= 15 is 0 Å². The number of anilines is 1. The lowest BCUT2D eigenvalue weighted by Gasteiger charge is -2.23. The van der Waals surface area contributed by atoms with E-state index in [0.29, 0.717) is 11.3 Å². The van der Waals surface area contributed by atoms with E-state index in [1.54, 1.807) is 48.5 Å². The Bertz CT molecular complexity index is 886. The van der Waals surface area contributed by atoms with Gasteiger partial charge >= 0.3 is 0 Å². The van der Waals surface area contributed by atoms with E-state index in [2.05, 4.69) is 5.32 Å². The van der Waals surface area contributed by atoms with Crippen molar-refractivity contribution in [3.8, 4) is 0 Å². The Hall–Kier alpha value is -2.34. The quantitative estimate of drug-likeness (QED) is 0.874. The van der Waals surface area contributed by atoms with Gasteiger partial charge in [0.05, 0.1) is 16.1 Å². The smallest absolute Gasteiger partial charge is 0.264 e. The van der Waals surface area contributed by atoms with Gasteiger partial charge in [-0.3, -0.25) is 9.10 Å². The van der Waals surface area contributed by atoms with Crippen molar-refractivity contribution < 1.29 is 13.2 Å². The first-order valence-electron chi connectivity index (χ1n) is 8.85. The maximum atomic E-state index is 13.0. The number of nitrogens with zero attached hydrogens (tertiary/aromatic N) is 1. The minimum atomic E-state index is -3.74. The molecule has 0 aromatic heterocycles. The van der Waals surface area contributed by atoms with Gasteiger partial charge in [-0.2, -0.15) is 0 Å². The van der Waals surface area contributed by atoms with Crippen LogP contribution >= 0.6 is 0 Å². The number of carbonyl (C=O) groups is 1. The summed E-state index contributed by atoms with van der Waals surface area (Å²) in [5.74, 6) is -0.224. The molecule has 138 valence electrons. The molecule has 1 fully saturated rings. The molecule has 0 saturated heterocycles. The van der Waals surface area contributed by atoms with Crippen LogP contribution in [0.4, 0.5) is 5.69 Å². The van der Waals surface area contributed by atoms with Crippen molar-refractivity contribution in [2.45, 2.75) is 43.5 Å². The van der Waals surface area contributed by atoms with Gasteiger partial charge in [0.2, 0.25) is 0 Å². The second-order valence-corrected chi connectivity index (χ2v) is 8.73. The van der Waals surface area contributed by atoms with E-state index in [4.69, 9.17) is 0 Å².